The van der Waals surface area contributed by atoms with Gasteiger partial charge in [-0.05, 0) is 67.1 Å². The van der Waals surface area contributed by atoms with Gasteiger partial charge in [-0.3, -0.25) is 0 Å². The molecule has 0 radical (unpaired) electrons. The van der Waals surface area contributed by atoms with Gasteiger partial charge in [0.2, 0.25) is 0 Å². The number of hydrogen-bond donors (Lipinski definition) is 1. The molecule has 6 rings (SSSR count). The number of amides is 2. The molecular weight excluding hydrogens is 577 g/mol. The average Bonchev–Trinajstić information content (AvgIpc) is 3.61. The van der Waals surface area contributed by atoms with E-state index in [1.807, 2.05) is 36.4 Å². The van der Waals surface area contributed by atoms with E-state index in [4.69, 9.17) is 0 Å². The van der Waals surface area contributed by atoms with Crippen LogP contribution in [0.4, 0.5) is 23.7 Å². The van der Waals surface area contributed by atoms with Crippen LogP contribution >= 0.6 is 11.8 Å². The standard InChI is InChI=1S/C31H29F3N6O2S/c1-2-21-6-3-4-7-26(21)39-18-5-19-43-29(39)36-28(41)37-30(16-17-30)23-10-8-22(9-11-23)27-35-20-40(38-27)24-12-14-25(15-13-24)42-31(32,33)34/h3-4,6-15,20H,2,5,16-19H2,1H3,(H,37,41)/b36-29-. The van der Waals surface area contributed by atoms with Crippen LogP contribution in [0.1, 0.15) is 37.3 Å². The van der Waals surface area contributed by atoms with E-state index in [0.29, 0.717) is 11.5 Å². The van der Waals surface area contributed by atoms with Gasteiger partial charge in [-0.25, -0.2) is 14.5 Å². The number of ether oxygens (including phenoxy) is 1. The number of urea groups is 1. The third-order valence-electron chi connectivity index (χ3n) is 7.47. The molecule has 222 valence electrons. The molecule has 12 heteroatoms. The Kier molecular flexibility index (Phi) is 7.87. The van der Waals surface area contributed by atoms with Crippen LogP contribution in [0.15, 0.2) is 84.1 Å². The van der Waals surface area contributed by atoms with Crippen LogP contribution in [-0.2, 0) is 12.0 Å². The van der Waals surface area contributed by atoms with Crippen molar-refractivity contribution in [3.8, 4) is 22.8 Å². The van der Waals surface area contributed by atoms with Gasteiger partial charge < -0.3 is 15.0 Å². The number of halogens is 3. The highest BCUT2D eigenvalue weighted by molar-refractivity contribution is 8.14. The predicted molar refractivity (Wildman–Crippen MR) is 161 cm³/mol. The number of nitrogens with zero attached hydrogens (tertiary/aromatic N) is 5. The summed E-state index contributed by atoms with van der Waals surface area (Å²) in [5.41, 5.74) is 4.16. The zero-order valence-corrected chi connectivity index (χ0v) is 24.2. The molecule has 8 nitrogen and oxygen atoms in total. The fourth-order valence-corrected chi connectivity index (χ4v) is 6.09. The highest BCUT2D eigenvalue weighted by Crippen LogP contribution is 2.46. The molecule has 2 heterocycles. The molecule has 0 unspecified atom stereocenters. The summed E-state index contributed by atoms with van der Waals surface area (Å²) in [6.45, 7) is 2.95. The summed E-state index contributed by atoms with van der Waals surface area (Å²) in [5, 5.41) is 8.34. The molecule has 1 saturated carbocycles. The summed E-state index contributed by atoms with van der Waals surface area (Å²) in [7, 11) is 0. The number of alkyl halides is 3. The van der Waals surface area contributed by atoms with Crippen molar-refractivity contribution in [1.82, 2.24) is 20.1 Å². The normalized spacial score (nSPS) is 17.1. The van der Waals surface area contributed by atoms with Crippen LogP contribution in [0, 0.1) is 0 Å². The largest absolute Gasteiger partial charge is 0.573 e. The van der Waals surface area contributed by atoms with Gasteiger partial charge in [0.1, 0.15) is 12.1 Å². The monoisotopic (exact) mass is 606 g/mol. The molecule has 4 aromatic rings. The van der Waals surface area contributed by atoms with Gasteiger partial charge in [-0.2, -0.15) is 4.99 Å². The van der Waals surface area contributed by atoms with Crippen molar-refractivity contribution >= 4 is 28.6 Å². The van der Waals surface area contributed by atoms with Crippen molar-refractivity contribution in [2.45, 2.75) is 44.5 Å². The average molecular weight is 607 g/mol. The number of amidine groups is 1. The first-order valence-corrected chi connectivity index (χ1v) is 15.0. The number of thioether (sulfide) groups is 1. The van der Waals surface area contributed by atoms with E-state index in [0.717, 1.165) is 60.0 Å². The second kappa shape index (κ2) is 11.8. The topological polar surface area (TPSA) is 84.6 Å². The van der Waals surface area contributed by atoms with Crippen molar-refractivity contribution in [2.75, 3.05) is 17.2 Å². The zero-order chi connectivity index (χ0) is 30.0. The first kappa shape index (κ1) is 28.8. The Hall–Kier alpha value is -4.32. The summed E-state index contributed by atoms with van der Waals surface area (Å²) in [6.07, 6.45) is 0.310. The van der Waals surface area contributed by atoms with Gasteiger partial charge in [-0.1, -0.05) is 61.2 Å². The van der Waals surface area contributed by atoms with Crippen LogP contribution in [0.2, 0.25) is 0 Å². The van der Waals surface area contributed by atoms with Crippen molar-refractivity contribution in [3.05, 3.63) is 90.3 Å². The number of hydrogen-bond acceptors (Lipinski definition) is 5. The molecule has 0 spiro atoms. The molecule has 0 atom stereocenters. The first-order valence-electron chi connectivity index (χ1n) is 14.0. The van der Waals surface area contributed by atoms with E-state index in [9.17, 15) is 18.0 Å². The molecule has 2 aliphatic rings. The van der Waals surface area contributed by atoms with E-state index in [1.165, 1.54) is 40.8 Å². The Bertz CT molecular complexity index is 1630. The lowest BCUT2D eigenvalue weighted by molar-refractivity contribution is -0.274. The molecule has 43 heavy (non-hydrogen) atoms. The van der Waals surface area contributed by atoms with Crippen LogP contribution in [0.3, 0.4) is 0 Å². The van der Waals surface area contributed by atoms with Crippen molar-refractivity contribution in [1.29, 1.82) is 0 Å². The Morgan fingerprint density at radius 3 is 2.51 bits per heavy atom. The third kappa shape index (κ3) is 6.53. The quantitative estimate of drug-likeness (QED) is 0.242. The Morgan fingerprint density at radius 2 is 1.81 bits per heavy atom. The minimum atomic E-state index is -4.75. The van der Waals surface area contributed by atoms with Crippen LogP contribution < -0.4 is 15.0 Å². The van der Waals surface area contributed by atoms with Gasteiger partial charge in [0.25, 0.3) is 0 Å². The minimum absolute atomic E-state index is 0.309. The van der Waals surface area contributed by atoms with Crippen molar-refractivity contribution in [2.24, 2.45) is 4.99 Å². The number of benzene rings is 3. The fourth-order valence-electron chi connectivity index (χ4n) is 5.14. The number of aliphatic imine (C=N–C) groups is 1. The number of para-hydroxylation sites is 1. The number of nitrogens with one attached hydrogen (secondary N) is 1. The molecule has 2 fully saturated rings. The second-order valence-corrected chi connectivity index (χ2v) is 11.4. The summed E-state index contributed by atoms with van der Waals surface area (Å²) in [4.78, 5) is 24.2. The van der Waals surface area contributed by atoms with E-state index >= 15 is 0 Å². The summed E-state index contributed by atoms with van der Waals surface area (Å²) >= 11 is 1.61. The lowest BCUT2D eigenvalue weighted by Crippen LogP contribution is -2.38. The molecule has 1 N–H and O–H groups in total. The highest BCUT2D eigenvalue weighted by Gasteiger charge is 2.46. The third-order valence-corrected chi connectivity index (χ3v) is 8.53. The van der Waals surface area contributed by atoms with E-state index < -0.39 is 11.9 Å². The second-order valence-electron chi connectivity index (χ2n) is 10.4. The smallest absolute Gasteiger partial charge is 0.406 e. The van der Waals surface area contributed by atoms with Crippen molar-refractivity contribution in [3.63, 3.8) is 0 Å². The number of anilines is 1. The van der Waals surface area contributed by atoms with E-state index in [2.05, 4.69) is 49.1 Å². The molecule has 1 aliphatic carbocycles. The number of carbonyl (C=O) groups excluding carboxylic acids is 1. The van der Waals surface area contributed by atoms with Gasteiger partial charge in [-0.15, -0.1) is 18.3 Å². The lowest BCUT2D eigenvalue weighted by Gasteiger charge is -2.31. The maximum absolute atomic E-state index is 13.2. The maximum Gasteiger partial charge on any atom is 0.573 e. The van der Waals surface area contributed by atoms with Gasteiger partial charge >= 0.3 is 12.4 Å². The minimum Gasteiger partial charge on any atom is -0.406 e. The zero-order valence-electron chi connectivity index (χ0n) is 23.3. The predicted octanol–water partition coefficient (Wildman–Crippen LogP) is 7.09. The summed E-state index contributed by atoms with van der Waals surface area (Å²) in [6, 6.07) is 21.0. The highest BCUT2D eigenvalue weighted by atomic mass is 32.2. The Morgan fingerprint density at radius 1 is 1.07 bits per heavy atom. The molecule has 3 aromatic carbocycles. The summed E-state index contributed by atoms with van der Waals surface area (Å²) < 4.78 is 42.7. The van der Waals surface area contributed by atoms with Crippen LogP contribution in [0.25, 0.3) is 17.1 Å². The molecular formula is C31H29F3N6O2S. The molecule has 1 aliphatic heterocycles. The first-order chi connectivity index (χ1) is 20.7. The number of aryl methyl sites for hydroxylation is 1. The molecule has 2 amide bonds. The maximum atomic E-state index is 13.2. The number of rotatable bonds is 7. The SMILES string of the molecule is CCc1ccccc1N1CCCS/C1=N\C(=O)NC1(c2ccc(-c3ncn(-c4ccc(OC(F)(F)F)cc4)n3)cc2)CC1. The molecule has 1 saturated heterocycles. The van der Waals surface area contributed by atoms with Crippen LogP contribution in [0.5, 0.6) is 5.75 Å². The van der Waals surface area contributed by atoms with Gasteiger partial charge in [0, 0.05) is 23.5 Å². The number of aromatic nitrogens is 3. The van der Waals surface area contributed by atoms with E-state index in [1.54, 1.807) is 11.8 Å². The van der Waals surface area contributed by atoms with Crippen molar-refractivity contribution < 1.29 is 22.7 Å². The van der Waals surface area contributed by atoms with Gasteiger partial charge in [0.05, 0.1) is 11.2 Å². The van der Waals surface area contributed by atoms with E-state index in [-0.39, 0.29) is 11.8 Å². The number of carbonyl (C=O) groups is 1. The van der Waals surface area contributed by atoms with Gasteiger partial charge in [0.15, 0.2) is 11.0 Å². The summed E-state index contributed by atoms with van der Waals surface area (Å²) in [5.74, 6) is 1.07. The fraction of sp³-hybridized carbons (Fsp3) is 0.290. The Labute approximate surface area is 251 Å². The Balaban J connectivity index is 1.13. The van der Waals surface area contributed by atoms with Crippen LogP contribution in [-0.4, -0.2) is 44.6 Å². The lowest BCUT2D eigenvalue weighted by atomic mass is 10.0. The molecule has 0 bridgehead atoms. The molecule has 1 aromatic heterocycles.